The van der Waals surface area contributed by atoms with Gasteiger partial charge < -0.3 is 4.74 Å². The van der Waals surface area contributed by atoms with Gasteiger partial charge in [0.15, 0.2) is 11.2 Å². The second-order valence-corrected chi connectivity index (χ2v) is 7.79. The van der Waals surface area contributed by atoms with Crippen LogP contribution in [0.3, 0.4) is 0 Å². The molecule has 0 fully saturated rings. The fourth-order valence-corrected chi connectivity index (χ4v) is 4.06. The molecule has 2 aromatic carbocycles. The highest BCUT2D eigenvalue weighted by Gasteiger charge is 2.17. The summed E-state index contributed by atoms with van der Waals surface area (Å²) in [6.07, 6.45) is 4.05. The third kappa shape index (κ3) is 4.22. The molecule has 0 saturated heterocycles. The summed E-state index contributed by atoms with van der Waals surface area (Å²) in [6.45, 7) is 1.65. The van der Waals surface area contributed by atoms with E-state index in [0.717, 1.165) is 24.1 Å². The zero-order valence-electron chi connectivity index (χ0n) is 15.6. The Bertz CT molecular complexity index is 984. The average Bonchev–Trinajstić information content (AvgIpc) is 3.17. The monoisotopic (exact) mass is 396 g/mol. The number of rotatable bonds is 5. The minimum Gasteiger partial charge on any atom is -0.481 e. The van der Waals surface area contributed by atoms with Crippen molar-refractivity contribution < 1.29 is 13.9 Å². The van der Waals surface area contributed by atoms with E-state index in [4.69, 9.17) is 4.74 Å². The second-order valence-electron chi connectivity index (χ2n) is 6.93. The van der Waals surface area contributed by atoms with Gasteiger partial charge in [-0.25, -0.2) is 9.37 Å². The molecule has 1 aliphatic carbocycles. The molecule has 0 spiro atoms. The number of amides is 1. The Labute approximate surface area is 167 Å². The number of hydrogen-bond acceptors (Lipinski definition) is 4. The predicted molar refractivity (Wildman–Crippen MR) is 109 cm³/mol. The van der Waals surface area contributed by atoms with Crippen molar-refractivity contribution in [3.8, 4) is 17.0 Å². The fraction of sp³-hybridized carbons (Fsp3) is 0.273. The molecule has 1 aliphatic rings. The van der Waals surface area contributed by atoms with Crippen LogP contribution >= 0.6 is 11.3 Å². The van der Waals surface area contributed by atoms with E-state index in [9.17, 15) is 9.18 Å². The number of fused-ring (bicyclic) bond motifs is 1. The largest absolute Gasteiger partial charge is 0.481 e. The van der Waals surface area contributed by atoms with Gasteiger partial charge in [-0.15, -0.1) is 11.3 Å². The normalized spacial score (nSPS) is 14.2. The SMILES string of the molecule is C[C@@H](Oc1ccc(F)cc1)C(=O)Nc1nc(-c2ccc3c(c2)CCCC3)cs1. The molecule has 4 rings (SSSR count). The van der Waals surface area contributed by atoms with Crippen molar-refractivity contribution in [1.29, 1.82) is 0 Å². The number of nitrogens with one attached hydrogen (secondary N) is 1. The summed E-state index contributed by atoms with van der Waals surface area (Å²) < 4.78 is 18.5. The van der Waals surface area contributed by atoms with Crippen molar-refractivity contribution in [1.82, 2.24) is 4.98 Å². The number of aryl methyl sites for hydroxylation is 2. The molecule has 0 bridgehead atoms. The first-order valence-corrected chi connectivity index (χ1v) is 10.3. The molecule has 0 radical (unpaired) electrons. The van der Waals surface area contributed by atoms with Crippen molar-refractivity contribution in [3.05, 3.63) is 64.8 Å². The van der Waals surface area contributed by atoms with Crippen LogP contribution in [-0.2, 0) is 17.6 Å². The van der Waals surface area contributed by atoms with Crippen LogP contribution in [0.5, 0.6) is 5.75 Å². The summed E-state index contributed by atoms with van der Waals surface area (Å²) in [5.74, 6) is -0.199. The molecule has 144 valence electrons. The zero-order valence-corrected chi connectivity index (χ0v) is 16.4. The Hall–Kier alpha value is -2.73. The van der Waals surface area contributed by atoms with E-state index in [2.05, 4.69) is 28.5 Å². The van der Waals surface area contributed by atoms with E-state index in [1.165, 1.54) is 59.6 Å². The van der Waals surface area contributed by atoms with Gasteiger partial charge in [0.25, 0.3) is 5.91 Å². The van der Waals surface area contributed by atoms with Gasteiger partial charge in [-0.3, -0.25) is 10.1 Å². The van der Waals surface area contributed by atoms with Crippen molar-refractivity contribution in [3.63, 3.8) is 0 Å². The lowest BCUT2D eigenvalue weighted by Gasteiger charge is -2.16. The van der Waals surface area contributed by atoms with Gasteiger partial charge in [-0.1, -0.05) is 12.1 Å². The number of halogens is 1. The Morgan fingerprint density at radius 2 is 1.89 bits per heavy atom. The molecule has 1 amide bonds. The van der Waals surface area contributed by atoms with Crippen molar-refractivity contribution in [2.24, 2.45) is 0 Å². The van der Waals surface area contributed by atoms with E-state index < -0.39 is 6.10 Å². The highest BCUT2D eigenvalue weighted by Crippen LogP contribution is 2.29. The summed E-state index contributed by atoms with van der Waals surface area (Å²) >= 11 is 1.39. The van der Waals surface area contributed by atoms with Gasteiger partial charge in [-0.2, -0.15) is 0 Å². The zero-order chi connectivity index (χ0) is 19.5. The molecule has 0 aliphatic heterocycles. The maximum atomic E-state index is 13.0. The molecule has 1 N–H and O–H groups in total. The highest BCUT2D eigenvalue weighted by atomic mass is 32.1. The summed E-state index contributed by atoms with van der Waals surface area (Å²) in [5.41, 5.74) is 4.78. The lowest BCUT2D eigenvalue weighted by Crippen LogP contribution is -2.30. The summed E-state index contributed by atoms with van der Waals surface area (Å²) in [6, 6.07) is 12.1. The predicted octanol–water partition coefficient (Wildman–Crippen LogP) is 5.23. The molecule has 1 heterocycles. The second kappa shape index (κ2) is 8.10. The summed E-state index contributed by atoms with van der Waals surface area (Å²) in [7, 11) is 0. The molecule has 4 nitrogen and oxygen atoms in total. The van der Waals surface area contributed by atoms with E-state index in [1.54, 1.807) is 6.92 Å². The van der Waals surface area contributed by atoms with Crippen LogP contribution in [0.15, 0.2) is 47.8 Å². The maximum Gasteiger partial charge on any atom is 0.266 e. The minimum atomic E-state index is -0.721. The lowest BCUT2D eigenvalue weighted by atomic mass is 9.90. The number of anilines is 1. The van der Waals surface area contributed by atoms with E-state index in [0.29, 0.717) is 10.9 Å². The third-order valence-corrected chi connectivity index (χ3v) is 5.63. The molecule has 0 unspecified atom stereocenters. The van der Waals surface area contributed by atoms with Crippen LogP contribution in [0.2, 0.25) is 0 Å². The smallest absolute Gasteiger partial charge is 0.266 e. The molecule has 3 aromatic rings. The Morgan fingerprint density at radius 1 is 1.14 bits per heavy atom. The fourth-order valence-electron chi connectivity index (χ4n) is 3.33. The van der Waals surface area contributed by atoms with Gasteiger partial charge >= 0.3 is 0 Å². The Balaban J connectivity index is 1.41. The Kier molecular flexibility index (Phi) is 5.39. The number of nitrogens with zero attached hydrogens (tertiary/aromatic N) is 1. The number of thiazole rings is 1. The molecule has 0 saturated carbocycles. The van der Waals surface area contributed by atoms with Crippen LogP contribution in [0.1, 0.15) is 30.9 Å². The number of carbonyl (C=O) groups is 1. The van der Waals surface area contributed by atoms with Crippen LogP contribution in [0, 0.1) is 5.82 Å². The van der Waals surface area contributed by atoms with E-state index in [1.807, 2.05) is 5.38 Å². The minimum absolute atomic E-state index is 0.296. The van der Waals surface area contributed by atoms with Crippen molar-refractivity contribution in [2.45, 2.75) is 38.7 Å². The summed E-state index contributed by atoms with van der Waals surface area (Å²) in [4.78, 5) is 16.9. The van der Waals surface area contributed by atoms with Gasteiger partial charge in [0.1, 0.15) is 11.6 Å². The molecule has 6 heteroatoms. The first-order valence-electron chi connectivity index (χ1n) is 9.39. The third-order valence-electron chi connectivity index (χ3n) is 4.87. The van der Waals surface area contributed by atoms with Crippen molar-refractivity contribution in [2.75, 3.05) is 5.32 Å². The lowest BCUT2D eigenvalue weighted by molar-refractivity contribution is -0.122. The van der Waals surface area contributed by atoms with Crippen LogP contribution in [-0.4, -0.2) is 17.0 Å². The molecule has 28 heavy (non-hydrogen) atoms. The maximum absolute atomic E-state index is 13.0. The Morgan fingerprint density at radius 3 is 2.68 bits per heavy atom. The first kappa shape index (κ1) is 18.6. The number of benzene rings is 2. The number of hydrogen-bond donors (Lipinski definition) is 1. The van der Waals surface area contributed by atoms with Crippen LogP contribution < -0.4 is 10.1 Å². The van der Waals surface area contributed by atoms with Crippen molar-refractivity contribution >= 4 is 22.4 Å². The van der Waals surface area contributed by atoms with Gasteiger partial charge in [-0.05, 0) is 74.1 Å². The topological polar surface area (TPSA) is 51.2 Å². The van der Waals surface area contributed by atoms with Gasteiger partial charge in [0, 0.05) is 10.9 Å². The number of carbonyl (C=O) groups excluding carboxylic acids is 1. The van der Waals surface area contributed by atoms with Gasteiger partial charge in [0.2, 0.25) is 0 Å². The van der Waals surface area contributed by atoms with E-state index >= 15 is 0 Å². The standard InChI is InChI=1S/C22H21FN2O2S/c1-14(27-19-10-8-18(23)9-11-19)21(26)25-22-24-20(13-28-22)17-7-6-15-4-2-3-5-16(15)12-17/h6-14H,2-5H2,1H3,(H,24,25,26)/t14-/m1/s1. The van der Waals surface area contributed by atoms with Crippen LogP contribution in [0.25, 0.3) is 11.3 Å². The average molecular weight is 396 g/mol. The number of aromatic nitrogens is 1. The highest BCUT2D eigenvalue weighted by molar-refractivity contribution is 7.14. The van der Waals surface area contributed by atoms with Gasteiger partial charge in [0.05, 0.1) is 5.69 Å². The van der Waals surface area contributed by atoms with E-state index in [-0.39, 0.29) is 11.7 Å². The van der Waals surface area contributed by atoms with Crippen LogP contribution in [0.4, 0.5) is 9.52 Å². The molecule has 1 aromatic heterocycles. The molecule has 1 atom stereocenters. The number of ether oxygens (including phenoxy) is 1. The first-order chi connectivity index (χ1) is 13.6. The molecular weight excluding hydrogens is 375 g/mol. The quantitative estimate of drug-likeness (QED) is 0.642. The summed E-state index contributed by atoms with van der Waals surface area (Å²) in [5, 5.41) is 5.28. The molecular formula is C22H21FN2O2S.